The average Bonchev–Trinajstić information content (AvgIpc) is 2.48. The van der Waals surface area contributed by atoms with E-state index in [0.717, 1.165) is 16.6 Å². The van der Waals surface area contributed by atoms with Gasteiger partial charge in [-0.25, -0.2) is 4.79 Å². The number of ether oxygens (including phenoxy) is 1. The molecular formula is C20H29N3O2. The van der Waals surface area contributed by atoms with Crippen LogP contribution in [0, 0.1) is 0 Å². The van der Waals surface area contributed by atoms with Crippen molar-refractivity contribution in [3.05, 3.63) is 36.5 Å². The van der Waals surface area contributed by atoms with E-state index in [2.05, 4.69) is 16.4 Å². The highest BCUT2D eigenvalue weighted by Crippen LogP contribution is 2.19. The Kier molecular flexibility index (Phi) is 5.55. The molecule has 0 bridgehead atoms. The molecule has 0 saturated heterocycles. The Labute approximate surface area is 150 Å². The van der Waals surface area contributed by atoms with Gasteiger partial charge >= 0.3 is 6.09 Å². The minimum atomic E-state index is -0.501. The number of aromatic nitrogens is 1. The summed E-state index contributed by atoms with van der Waals surface area (Å²) in [4.78, 5) is 18.6. The SMILES string of the molecule is CC(C)(C)OC(=O)N(CCNc1ccc2ncccc2c1)C(C)(C)C. The number of carbonyl (C=O) groups excluding carboxylic acids is 1. The van der Waals surface area contributed by atoms with E-state index in [9.17, 15) is 4.79 Å². The van der Waals surface area contributed by atoms with E-state index < -0.39 is 5.60 Å². The summed E-state index contributed by atoms with van der Waals surface area (Å²) >= 11 is 0. The summed E-state index contributed by atoms with van der Waals surface area (Å²) in [7, 11) is 0. The predicted octanol–water partition coefficient (Wildman–Crippen LogP) is 4.68. The molecule has 0 saturated carbocycles. The molecule has 0 aliphatic heterocycles. The maximum atomic E-state index is 12.5. The van der Waals surface area contributed by atoms with E-state index in [4.69, 9.17) is 4.74 Å². The standard InChI is InChI=1S/C20H29N3O2/c1-19(2,3)23(18(24)25-20(4,5)6)13-12-21-16-9-10-17-15(14-16)8-7-11-22-17/h7-11,14,21H,12-13H2,1-6H3. The van der Waals surface area contributed by atoms with Gasteiger partial charge in [-0.2, -0.15) is 0 Å². The summed E-state index contributed by atoms with van der Waals surface area (Å²) in [6, 6.07) is 10.0. The van der Waals surface area contributed by atoms with Crippen LogP contribution in [0.2, 0.25) is 0 Å². The van der Waals surface area contributed by atoms with E-state index >= 15 is 0 Å². The van der Waals surface area contributed by atoms with Crippen molar-refractivity contribution < 1.29 is 9.53 Å². The molecule has 25 heavy (non-hydrogen) atoms. The van der Waals surface area contributed by atoms with Crippen LogP contribution in [0.3, 0.4) is 0 Å². The van der Waals surface area contributed by atoms with Crippen LogP contribution < -0.4 is 5.32 Å². The van der Waals surface area contributed by atoms with Gasteiger partial charge in [0.15, 0.2) is 0 Å². The normalized spacial score (nSPS) is 12.1. The Hall–Kier alpha value is -2.30. The zero-order chi connectivity index (χ0) is 18.7. The van der Waals surface area contributed by atoms with Gasteiger partial charge in [-0.05, 0) is 65.8 Å². The molecule has 1 aromatic carbocycles. The number of fused-ring (bicyclic) bond motifs is 1. The summed E-state index contributed by atoms with van der Waals surface area (Å²) in [6.07, 6.45) is 1.50. The monoisotopic (exact) mass is 343 g/mol. The first-order chi connectivity index (χ1) is 11.6. The van der Waals surface area contributed by atoms with Crippen LogP contribution in [0.5, 0.6) is 0 Å². The largest absolute Gasteiger partial charge is 0.444 e. The van der Waals surface area contributed by atoms with Crippen LogP contribution >= 0.6 is 0 Å². The van der Waals surface area contributed by atoms with Crippen LogP contribution in [0.15, 0.2) is 36.5 Å². The average molecular weight is 343 g/mol. The third-order valence-electron chi connectivity index (χ3n) is 3.69. The lowest BCUT2D eigenvalue weighted by molar-refractivity contribution is 0.00749. The highest BCUT2D eigenvalue weighted by atomic mass is 16.6. The van der Waals surface area contributed by atoms with Crippen molar-refractivity contribution in [3.63, 3.8) is 0 Å². The maximum Gasteiger partial charge on any atom is 0.410 e. The second kappa shape index (κ2) is 7.30. The highest BCUT2D eigenvalue weighted by Gasteiger charge is 2.30. The molecule has 2 rings (SSSR count). The maximum absolute atomic E-state index is 12.5. The van der Waals surface area contributed by atoms with Crippen molar-refractivity contribution in [2.75, 3.05) is 18.4 Å². The molecule has 0 atom stereocenters. The quantitative estimate of drug-likeness (QED) is 0.875. The molecule has 0 spiro atoms. The lowest BCUT2D eigenvalue weighted by Gasteiger charge is -2.37. The number of hydrogen-bond donors (Lipinski definition) is 1. The molecule has 0 fully saturated rings. The number of amides is 1. The van der Waals surface area contributed by atoms with Crippen LogP contribution in [-0.4, -0.2) is 40.2 Å². The van der Waals surface area contributed by atoms with Crippen molar-refractivity contribution in [1.29, 1.82) is 0 Å². The van der Waals surface area contributed by atoms with Gasteiger partial charge in [-0.3, -0.25) is 4.98 Å². The molecule has 136 valence electrons. The van der Waals surface area contributed by atoms with E-state index in [1.165, 1.54) is 0 Å². The minimum absolute atomic E-state index is 0.287. The van der Waals surface area contributed by atoms with Crippen LogP contribution in [0.25, 0.3) is 10.9 Å². The fourth-order valence-electron chi connectivity index (χ4n) is 2.52. The van der Waals surface area contributed by atoms with Crippen molar-refractivity contribution in [1.82, 2.24) is 9.88 Å². The predicted molar refractivity (Wildman–Crippen MR) is 103 cm³/mol. The number of nitrogens with zero attached hydrogens (tertiary/aromatic N) is 2. The Bertz CT molecular complexity index is 730. The molecule has 5 heteroatoms. The number of rotatable bonds is 4. The zero-order valence-corrected chi connectivity index (χ0v) is 16.1. The minimum Gasteiger partial charge on any atom is -0.444 e. The second-order valence-corrected chi connectivity index (χ2v) is 8.14. The lowest BCUT2D eigenvalue weighted by Crippen LogP contribution is -2.49. The molecule has 1 heterocycles. The van der Waals surface area contributed by atoms with Gasteiger partial charge in [0.05, 0.1) is 5.52 Å². The molecule has 5 nitrogen and oxygen atoms in total. The van der Waals surface area contributed by atoms with Crippen molar-refractivity contribution in [3.8, 4) is 0 Å². The Morgan fingerprint density at radius 1 is 1.16 bits per heavy atom. The van der Waals surface area contributed by atoms with Crippen LogP contribution in [0.4, 0.5) is 10.5 Å². The molecular weight excluding hydrogens is 314 g/mol. The number of pyridine rings is 1. The van der Waals surface area contributed by atoms with Crippen molar-refractivity contribution in [2.24, 2.45) is 0 Å². The smallest absolute Gasteiger partial charge is 0.410 e. The highest BCUT2D eigenvalue weighted by molar-refractivity contribution is 5.82. The first-order valence-corrected chi connectivity index (χ1v) is 8.65. The molecule has 1 N–H and O–H groups in total. The summed E-state index contributed by atoms with van der Waals surface area (Å²) in [5.41, 5.74) is 1.17. The lowest BCUT2D eigenvalue weighted by atomic mass is 10.1. The molecule has 0 aliphatic carbocycles. The van der Waals surface area contributed by atoms with E-state index in [0.29, 0.717) is 13.1 Å². The van der Waals surface area contributed by atoms with Gasteiger partial charge in [0, 0.05) is 35.9 Å². The Balaban J connectivity index is 2.01. The first kappa shape index (κ1) is 19.0. The zero-order valence-electron chi connectivity index (χ0n) is 16.1. The third kappa shape index (κ3) is 5.62. The molecule has 1 aromatic heterocycles. The van der Waals surface area contributed by atoms with Crippen LogP contribution in [-0.2, 0) is 4.74 Å². The summed E-state index contributed by atoms with van der Waals surface area (Å²) < 4.78 is 5.54. The van der Waals surface area contributed by atoms with Gasteiger partial charge in [-0.1, -0.05) is 6.07 Å². The third-order valence-corrected chi connectivity index (χ3v) is 3.69. The van der Waals surface area contributed by atoms with E-state index in [-0.39, 0.29) is 11.6 Å². The summed E-state index contributed by atoms with van der Waals surface area (Å²) in [5.74, 6) is 0. The van der Waals surface area contributed by atoms with E-state index in [1.807, 2.05) is 65.8 Å². The summed E-state index contributed by atoms with van der Waals surface area (Å²) in [5, 5.41) is 4.47. The molecule has 0 aliphatic rings. The van der Waals surface area contributed by atoms with E-state index in [1.54, 1.807) is 11.1 Å². The van der Waals surface area contributed by atoms with Crippen LogP contribution in [0.1, 0.15) is 41.5 Å². The Morgan fingerprint density at radius 2 is 1.88 bits per heavy atom. The number of hydrogen-bond acceptors (Lipinski definition) is 4. The van der Waals surface area contributed by atoms with Crippen molar-refractivity contribution >= 4 is 22.7 Å². The van der Waals surface area contributed by atoms with Gasteiger partial charge < -0.3 is 15.0 Å². The number of anilines is 1. The van der Waals surface area contributed by atoms with Gasteiger partial charge in [0.2, 0.25) is 0 Å². The number of nitrogens with one attached hydrogen (secondary N) is 1. The van der Waals surface area contributed by atoms with Gasteiger partial charge in [-0.15, -0.1) is 0 Å². The molecule has 2 aromatic rings. The topological polar surface area (TPSA) is 54.5 Å². The first-order valence-electron chi connectivity index (χ1n) is 8.65. The number of benzene rings is 1. The Morgan fingerprint density at radius 3 is 2.52 bits per heavy atom. The van der Waals surface area contributed by atoms with Gasteiger partial charge in [0.1, 0.15) is 5.60 Å². The fourth-order valence-corrected chi connectivity index (χ4v) is 2.52. The summed E-state index contributed by atoms with van der Waals surface area (Å²) in [6.45, 7) is 12.9. The molecule has 0 unspecified atom stereocenters. The number of carbonyl (C=O) groups is 1. The van der Waals surface area contributed by atoms with Crippen molar-refractivity contribution in [2.45, 2.75) is 52.7 Å². The van der Waals surface area contributed by atoms with Gasteiger partial charge in [0.25, 0.3) is 0 Å². The molecule has 1 amide bonds. The second-order valence-electron chi connectivity index (χ2n) is 8.14. The fraction of sp³-hybridized carbons (Fsp3) is 0.500. The molecule has 0 radical (unpaired) electrons.